The molecule has 0 spiro atoms. The highest BCUT2D eigenvalue weighted by Gasteiger charge is 2.27. The van der Waals surface area contributed by atoms with E-state index >= 15 is 0 Å². The minimum Gasteiger partial charge on any atom is -0.467 e. The van der Waals surface area contributed by atoms with Gasteiger partial charge in [-0.15, -0.1) is 0 Å². The number of ether oxygens (including phenoxy) is 1. The number of hydrogen-bond acceptors (Lipinski definition) is 7. The SMILES string of the molecule is COC(=O)[C@H](CO)NC(=O)[C@H](O)[C@@H](N)CS. The van der Waals surface area contributed by atoms with E-state index in [1.54, 1.807) is 0 Å². The fourth-order valence-electron chi connectivity index (χ4n) is 0.873. The molecule has 94 valence electrons. The maximum Gasteiger partial charge on any atom is 0.330 e. The van der Waals surface area contributed by atoms with Crippen molar-refractivity contribution in [3.63, 3.8) is 0 Å². The monoisotopic (exact) mass is 252 g/mol. The van der Waals surface area contributed by atoms with E-state index in [1.807, 2.05) is 0 Å². The van der Waals surface area contributed by atoms with E-state index in [4.69, 9.17) is 10.8 Å². The largest absolute Gasteiger partial charge is 0.467 e. The number of hydrogen-bond donors (Lipinski definition) is 5. The van der Waals surface area contributed by atoms with Gasteiger partial charge in [-0.3, -0.25) is 4.79 Å². The lowest BCUT2D eigenvalue weighted by molar-refractivity contribution is -0.147. The second-order valence-corrected chi connectivity index (χ2v) is 3.42. The zero-order valence-corrected chi connectivity index (χ0v) is 9.68. The minimum absolute atomic E-state index is 0.108. The molecule has 7 nitrogen and oxygen atoms in total. The predicted octanol–water partition coefficient (Wildman–Crippen LogP) is -2.75. The summed E-state index contributed by atoms with van der Waals surface area (Å²) >= 11 is 3.82. The first-order valence-electron chi connectivity index (χ1n) is 4.51. The molecule has 5 N–H and O–H groups in total. The first-order valence-corrected chi connectivity index (χ1v) is 5.14. The van der Waals surface area contributed by atoms with Crippen LogP contribution in [0.15, 0.2) is 0 Å². The number of carbonyl (C=O) groups is 2. The van der Waals surface area contributed by atoms with Gasteiger partial charge in [0.15, 0.2) is 6.04 Å². The van der Waals surface area contributed by atoms with Crippen molar-refractivity contribution in [2.45, 2.75) is 18.2 Å². The maximum atomic E-state index is 11.3. The van der Waals surface area contributed by atoms with Crippen molar-refractivity contribution in [3.8, 4) is 0 Å². The quantitative estimate of drug-likeness (QED) is 0.258. The Bertz CT molecular complexity index is 251. The van der Waals surface area contributed by atoms with Crippen LogP contribution in [-0.4, -0.2) is 59.7 Å². The summed E-state index contributed by atoms with van der Waals surface area (Å²) in [5, 5.41) is 20.3. The maximum absolute atomic E-state index is 11.3. The van der Waals surface area contributed by atoms with Crippen LogP contribution in [0.1, 0.15) is 0 Å². The van der Waals surface area contributed by atoms with Gasteiger partial charge in [0.1, 0.15) is 6.10 Å². The smallest absolute Gasteiger partial charge is 0.330 e. The number of rotatable bonds is 6. The Morgan fingerprint density at radius 2 is 2.12 bits per heavy atom. The number of amides is 1. The number of nitrogens with one attached hydrogen (secondary N) is 1. The number of aliphatic hydroxyl groups excluding tert-OH is 2. The molecule has 0 saturated heterocycles. The second kappa shape index (κ2) is 7.44. The van der Waals surface area contributed by atoms with Crippen molar-refractivity contribution in [1.29, 1.82) is 0 Å². The molecule has 0 aromatic heterocycles. The van der Waals surface area contributed by atoms with E-state index in [0.29, 0.717) is 0 Å². The lowest BCUT2D eigenvalue weighted by Gasteiger charge is -2.19. The average Bonchev–Trinajstić information content (AvgIpc) is 2.32. The van der Waals surface area contributed by atoms with E-state index in [9.17, 15) is 14.7 Å². The summed E-state index contributed by atoms with van der Waals surface area (Å²) in [6.45, 7) is -0.624. The number of methoxy groups -OCH3 is 1. The van der Waals surface area contributed by atoms with Gasteiger partial charge in [-0.05, 0) is 0 Å². The van der Waals surface area contributed by atoms with Crippen LogP contribution in [0, 0.1) is 0 Å². The molecule has 0 aliphatic rings. The van der Waals surface area contributed by atoms with E-state index in [-0.39, 0.29) is 5.75 Å². The van der Waals surface area contributed by atoms with Gasteiger partial charge in [-0.25, -0.2) is 4.79 Å². The number of carbonyl (C=O) groups excluding carboxylic acids is 2. The Hall–Kier alpha value is -0.830. The zero-order chi connectivity index (χ0) is 12.7. The van der Waals surface area contributed by atoms with Gasteiger partial charge < -0.3 is 26.0 Å². The van der Waals surface area contributed by atoms with E-state index < -0.39 is 36.7 Å². The van der Waals surface area contributed by atoms with Gasteiger partial charge in [-0.2, -0.15) is 12.6 Å². The Balaban J connectivity index is 4.35. The molecule has 0 aromatic rings. The third-order valence-corrected chi connectivity index (χ3v) is 2.29. The third kappa shape index (κ3) is 4.35. The fraction of sp³-hybridized carbons (Fsp3) is 0.750. The second-order valence-electron chi connectivity index (χ2n) is 3.06. The van der Waals surface area contributed by atoms with Crippen LogP contribution >= 0.6 is 12.6 Å². The molecular weight excluding hydrogens is 236 g/mol. The lowest BCUT2D eigenvalue weighted by atomic mass is 10.1. The van der Waals surface area contributed by atoms with Gasteiger partial charge in [0.2, 0.25) is 0 Å². The summed E-state index contributed by atoms with van der Waals surface area (Å²) in [6, 6.07) is -2.06. The first-order chi connectivity index (χ1) is 7.47. The Morgan fingerprint density at radius 3 is 2.50 bits per heavy atom. The van der Waals surface area contributed by atoms with Crippen LogP contribution < -0.4 is 11.1 Å². The minimum atomic E-state index is -1.49. The van der Waals surface area contributed by atoms with Crippen LogP contribution in [0.25, 0.3) is 0 Å². The molecule has 3 atom stereocenters. The molecule has 0 bridgehead atoms. The zero-order valence-electron chi connectivity index (χ0n) is 8.79. The van der Waals surface area contributed by atoms with Crippen LogP contribution in [0.5, 0.6) is 0 Å². The highest BCUT2D eigenvalue weighted by molar-refractivity contribution is 7.80. The molecular formula is C8H16N2O5S. The predicted molar refractivity (Wildman–Crippen MR) is 58.9 cm³/mol. The molecule has 0 rings (SSSR count). The fourth-order valence-corrected chi connectivity index (χ4v) is 1.07. The van der Waals surface area contributed by atoms with Gasteiger partial charge in [0, 0.05) is 11.8 Å². The van der Waals surface area contributed by atoms with Crippen molar-refractivity contribution in [3.05, 3.63) is 0 Å². The van der Waals surface area contributed by atoms with Crippen molar-refractivity contribution in [2.75, 3.05) is 19.5 Å². The van der Waals surface area contributed by atoms with Crippen molar-refractivity contribution >= 4 is 24.5 Å². The van der Waals surface area contributed by atoms with Gasteiger partial charge >= 0.3 is 5.97 Å². The molecule has 0 aliphatic carbocycles. The van der Waals surface area contributed by atoms with Crippen LogP contribution in [0.4, 0.5) is 0 Å². The van der Waals surface area contributed by atoms with Crippen LogP contribution in [-0.2, 0) is 14.3 Å². The van der Waals surface area contributed by atoms with E-state index in [2.05, 4.69) is 22.7 Å². The normalized spacial score (nSPS) is 16.1. The highest BCUT2D eigenvalue weighted by atomic mass is 32.1. The Kier molecular flexibility index (Phi) is 7.06. The van der Waals surface area contributed by atoms with Crippen molar-refractivity contribution in [2.24, 2.45) is 5.73 Å². The van der Waals surface area contributed by atoms with Crippen LogP contribution in [0.2, 0.25) is 0 Å². The van der Waals surface area contributed by atoms with E-state index in [0.717, 1.165) is 7.11 Å². The molecule has 0 fully saturated rings. The van der Waals surface area contributed by atoms with Gasteiger partial charge in [0.05, 0.1) is 13.7 Å². The molecule has 0 aromatic carbocycles. The topological polar surface area (TPSA) is 122 Å². The highest BCUT2D eigenvalue weighted by Crippen LogP contribution is 1.95. The van der Waals surface area contributed by atoms with Crippen LogP contribution in [0.3, 0.4) is 0 Å². The Morgan fingerprint density at radius 1 is 1.56 bits per heavy atom. The molecule has 0 saturated carbocycles. The summed E-state index contributed by atoms with van der Waals surface area (Å²) < 4.78 is 4.33. The standard InChI is InChI=1S/C8H16N2O5S/c1-15-8(14)5(2-11)10-7(13)6(12)4(9)3-16/h4-6,11-12,16H,2-3,9H2,1H3,(H,10,13)/t4-,5-,6+/m0/s1. The molecule has 0 heterocycles. The number of thiol groups is 1. The van der Waals surface area contributed by atoms with E-state index in [1.165, 1.54) is 0 Å². The van der Waals surface area contributed by atoms with Gasteiger partial charge in [-0.1, -0.05) is 0 Å². The molecule has 8 heteroatoms. The molecule has 1 amide bonds. The molecule has 0 radical (unpaired) electrons. The number of esters is 1. The summed E-state index contributed by atoms with van der Waals surface area (Å²) in [5.74, 6) is -1.55. The summed E-state index contributed by atoms with van der Waals surface area (Å²) in [5.41, 5.74) is 5.38. The number of aliphatic hydroxyl groups is 2. The third-order valence-electron chi connectivity index (χ3n) is 1.87. The van der Waals surface area contributed by atoms with Crippen molar-refractivity contribution in [1.82, 2.24) is 5.32 Å². The number of nitrogens with two attached hydrogens (primary N) is 1. The molecule has 16 heavy (non-hydrogen) atoms. The molecule has 0 unspecified atom stereocenters. The van der Waals surface area contributed by atoms with Crippen molar-refractivity contribution < 1.29 is 24.5 Å². The Labute approximate surface area is 98.4 Å². The first kappa shape index (κ1) is 15.2. The average molecular weight is 252 g/mol. The summed E-state index contributed by atoms with van der Waals surface area (Å²) in [4.78, 5) is 22.4. The lowest BCUT2D eigenvalue weighted by Crippen LogP contribution is -2.53. The summed E-state index contributed by atoms with van der Waals surface area (Å²) in [7, 11) is 1.12. The summed E-state index contributed by atoms with van der Waals surface area (Å²) in [6.07, 6.45) is -1.49. The molecule has 0 aliphatic heterocycles. The van der Waals surface area contributed by atoms with Gasteiger partial charge in [0.25, 0.3) is 5.91 Å².